The van der Waals surface area contributed by atoms with E-state index in [9.17, 15) is 13.2 Å². The Morgan fingerprint density at radius 1 is 1.14 bits per heavy atom. The van der Waals surface area contributed by atoms with Gasteiger partial charge in [0.25, 0.3) is 15.9 Å². The van der Waals surface area contributed by atoms with Crippen LogP contribution >= 0.6 is 11.6 Å². The van der Waals surface area contributed by atoms with Crippen LogP contribution in [0.15, 0.2) is 59.8 Å². The fourth-order valence-corrected chi connectivity index (χ4v) is 3.94. The van der Waals surface area contributed by atoms with Crippen molar-refractivity contribution in [3.63, 3.8) is 0 Å². The summed E-state index contributed by atoms with van der Waals surface area (Å²) in [6.07, 6.45) is 2.71. The average molecular weight is 433 g/mol. The van der Waals surface area contributed by atoms with E-state index in [1.807, 2.05) is 0 Å². The zero-order valence-electron chi connectivity index (χ0n) is 16.2. The van der Waals surface area contributed by atoms with Crippen LogP contribution < -0.4 is 10.5 Å². The van der Waals surface area contributed by atoms with Gasteiger partial charge in [-0.1, -0.05) is 44.5 Å². The SMILES string of the molecule is CC(C)(C)c1ccc(S(=O)(=O)Nc2ccc(Cl)cc2-n2cc(C(N)=O)cn2)cc1. The van der Waals surface area contributed by atoms with Gasteiger partial charge in [0.05, 0.1) is 28.0 Å². The summed E-state index contributed by atoms with van der Waals surface area (Å²) < 4.78 is 29.7. The lowest BCUT2D eigenvalue weighted by atomic mass is 9.87. The first-order valence-electron chi connectivity index (χ1n) is 8.75. The number of amides is 1. The summed E-state index contributed by atoms with van der Waals surface area (Å²) in [5.41, 5.74) is 7.01. The van der Waals surface area contributed by atoms with Gasteiger partial charge in [0.1, 0.15) is 0 Å². The number of halogens is 1. The number of carbonyl (C=O) groups is 1. The Morgan fingerprint density at radius 2 is 1.79 bits per heavy atom. The first kappa shape index (κ1) is 20.9. The van der Waals surface area contributed by atoms with Crippen molar-refractivity contribution in [1.82, 2.24) is 9.78 Å². The minimum atomic E-state index is -3.85. The molecule has 0 spiro atoms. The summed E-state index contributed by atoms with van der Waals surface area (Å²) in [4.78, 5) is 11.5. The van der Waals surface area contributed by atoms with Crippen LogP contribution in [0.4, 0.5) is 5.69 Å². The van der Waals surface area contributed by atoms with Crippen molar-refractivity contribution in [3.05, 3.63) is 71.0 Å². The highest BCUT2D eigenvalue weighted by atomic mass is 35.5. The third-order valence-corrected chi connectivity index (χ3v) is 5.97. The maximum atomic E-state index is 12.9. The molecular formula is C20H21ClN4O3S. The molecule has 1 aromatic heterocycles. The number of nitrogens with zero attached hydrogens (tertiary/aromatic N) is 2. The molecule has 0 unspecified atom stereocenters. The van der Waals surface area contributed by atoms with Crippen molar-refractivity contribution in [2.75, 3.05) is 4.72 Å². The molecule has 3 N–H and O–H groups in total. The van der Waals surface area contributed by atoms with Crippen LogP contribution in [-0.4, -0.2) is 24.1 Å². The Bertz CT molecular complexity index is 1160. The topological polar surface area (TPSA) is 107 Å². The van der Waals surface area contributed by atoms with Crippen LogP contribution in [0.1, 0.15) is 36.7 Å². The van der Waals surface area contributed by atoms with Gasteiger partial charge in [-0.05, 0) is 41.3 Å². The zero-order chi connectivity index (χ0) is 21.4. The Hall–Kier alpha value is -2.84. The molecule has 3 rings (SSSR count). The van der Waals surface area contributed by atoms with Gasteiger partial charge in [-0.15, -0.1) is 0 Å². The van der Waals surface area contributed by atoms with Gasteiger partial charge in [0, 0.05) is 11.2 Å². The third kappa shape index (κ3) is 4.60. The van der Waals surface area contributed by atoms with Crippen molar-refractivity contribution in [1.29, 1.82) is 0 Å². The minimum absolute atomic E-state index is 0.0860. The van der Waals surface area contributed by atoms with Gasteiger partial charge in [0.2, 0.25) is 0 Å². The lowest BCUT2D eigenvalue weighted by molar-refractivity contribution is 0.1000. The quantitative estimate of drug-likeness (QED) is 0.640. The molecule has 0 atom stereocenters. The molecule has 0 aliphatic heterocycles. The highest BCUT2D eigenvalue weighted by Crippen LogP contribution is 2.28. The standard InChI is InChI=1S/C20H21ClN4O3S/c1-20(2,3)14-4-7-16(8-5-14)29(27,28)24-17-9-6-15(21)10-18(17)25-12-13(11-23-25)19(22)26/h4-12,24H,1-3H3,(H2,22,26). The molecule has 0 radical (unpaired) electrons. The number of hydrogen-bond donors (Lipinski definition) is 2. The first-order valence-corrected chi connectivity index (χ1v) is 10.6. The molecule has 2 aromatic carbocycles. The fourth-order valence-electron chi connectivity index (χ4n) is 2.70. The number of primary amides is 1. The molecule has 0 saturated carbocycles. The molecule has 0 fully saturated rings. The second kappa shape index (κ2) is 7.53. The van der Waals surface area contributed by atoms with E-state index < -0.39 is 15.9 Å². The van der Waals surface area contributed by atoms with Gasteiger partial charge in [0.15, 0.2) is 0 Å². The van der Waals surface area contributed by atoms with E-state index in [4.69, 9.17) is 17.3 Å². The van der Waals surface area contributed by atoms with Crippen molar-refractivity contribution in [2.45, 2.75) is 31.1 Å². The maximum absolute atomic E-state index is 12.9. The average Bonchev–Trinajstić information content (AvgIpc) is 3.13. The van der Waals surface area contributed by atoms with E-state index in [1.165, 1.54) is 23.1 Å². The summed E-state index contributed by atoms with van der Waals surface area (Å²) >= 11 is 6.07. The van der Waals surface area contributed by atoms with Crippen molar-refractivity contribution in [2.24, 2.45) is 5.73 Å². The third-order valence-electron chi connectivity index (χ3n) is 4.35. The molecule has 0 saturated heterocycles. The number of sulfonamides is 1. The summed E-state index contributed by atoms with van der Waals surface area (Å²) in [5, 5.41) is 4.46. The number of nitrogens with one attached hydrogen (secondary N) is 1. The maximum Gasteiger partial charge on any atom is 0.261 e. The highest BCUT2D eigenvalue weighted by molar-refractivity contribution is 7.92. The van der Waals surface area contributed by atoms with Crippen LogP contribution in [-0.2, 0) is 15.4 Å². The predicted molar refractivity (Wildman–Crippen MR) is 113 cm³/mol. The molecule has 3 aromatic rings. The minimum Gasteiger partial charge on any atom is -0.366 e. The number of carbonyl (C=O) groups excluding carboxylic acids is 1. The van der Waals surface area contributed by atoms with Crippen LogP contribution in [0, 0.1) is 0 Å². The summed E-state index contributed by atoms with van der Waals surface area (Å²) in [6.45, 7) is 6.16. The largest absolute Gasteiger partial charge is 0.366 e. The van der Waals surface area contributed by atoms with Gasteiger partial charge in [-0.25, -0.2) is 13.1 Å². The lowest BCUT2D eigenvalue weighted by Gasteiger charge is -2.19. The van der Waals surface area contributed by atoms with E-state index in [-0.39, 0.29) is 21.6 Å². The second-order valence-electron chi connectivity index (χ2n) is 7.58. The van der Waals surface area contributed by atoms with Crippen LogP contribution in [0.3, 0.4) is 0 Å². The van der Waals surface area contributed by atoms with E-state index in [2.05, 4.69) is 30.6 Å². The molecule has 0 aliphatic carbocycles. The molecule has 9 heteroatoms. The first-order chi connectivity index (χ1) is 13.5. The summed E-state index contributed by atoms with van der Waals surface area (Å²) in [6, 6.07) is 11.4. The van der Waals surface area contributed by atoms with E-state index in [1.54, 1.807) is 36.4 Å². The summed E-state index contributed by atoms with van der Waals surface area (Å²) in [7, 11) is -3.85. The zero-order valence-corrected chi connectivity index (χ0v) is 17.8. The van der Waals surface area contributed by atoms with E-state index in [0.717, 1.165) is 5.56 Å². The van der Waals surface area contributed by atoms with Gasteiger partial charge in [-0.2, -0.15) is 5.10 Å². The summed E-state index contributed by atoms with van der Waals surface area (Å²) in [5.74, 6) is -0.639. The number of rotatable bonds is 5. The van der Waals surface area contributed by atoms with Crippen LogP contribution in [0.5, 0.6) is 0 Å². The van der Waals surface area contributed by atoms with Crippen LogP contribution in [0.2, 0.25) is 5.02 Å². The number of aromatic nitrogens is 2. The molecule has 1 amide bonds. The second-order valence-corrected chi connectivity index (χ2v) is 9.70. The number of hydrogen-bond acceptors (Lipinski definition) is 4. The van der Waals surface area contributed by atoms with Crippen molar-refractivity contribution >= 4 is 33.2 Å². The van der Waals surface area contributed by atoms with Crippen molar-refractivity contribution in [3.8, 4) is 5.69 Å². The lowest BCUT2D eigenvalue weighted by Crippen LogP contribution is -2.16. The molecular weight excluding hydrogens is 412 g/mol. The smallest absolute Gasteiger partial charge is 0.261 e. The normalized spacial score (nSPS) is 12.0. The Labute approximate surface area is 174 Å². The number of benzene rings is 2. The molecule has 0 bridgehead atoms. The molecule has 152 valence electrons. The predicted octanol–water partition coefficient (Wildman–Crippen LogP) is 3.72. The molecule has 0 aliphatic rings. The monoisotopic (exact) mass is 432 g/mol. The number of nitrogens with two attached hydrogens (primary N) is 1. The van der Waals surface area contributed by atoms with Crippen LogP contribution in [0.25, 0.3) is 5.69 Å². The highest BCUT2D eigenvalue weighted by Gasteiger charge is 2.20. The molecule has 1 heterocycles. The van der Waals surface area contributed by atoms with Crippen molar-refractivity contribution < 1.29 is 13.2 Å². The van der Waals surface area contributed by atoms with Gasteiger partial charge >= 0.3 is 0 Å². The molecule has 7 nitrogen and oxygen atoms in total. The Balaban J connectivity index is 1.98. The fraction of sp³-hybridized carbons (Fsp3) is 0.200. The Morgan fingerprint density at radius 3 is 2.34 bits per heavy atom. The number of anilines is 1. The Kier molecular flexibility index (Phi) is 5.42. The molecule has 29 heavy (non-hydrogen) atoms. The van der Waals surface area contributed by atoms with E-state index in [0.29, 0.717) is 10.7 Å². The van der Waals surface area contributed by atoms with E-state index >= 15 is 0 Å². The van der Waals surface area contributed by atoms with Gasteiger partial charge < -0.3 is 5.73 Å². The van der Waals surface area contributed by atoms with Gasteiger partial charge in [-0.3, -0.25) is 9.52 Å².